The van der Waals surface area contributed by atoms with E-state index < -0.39 is 9.84 Å². The summed E-state index contributed by atoms with van der Waals surface area (Å²) in [5.74, 6) is 0.447. The maximum absolute atomic E-state index is 11.3. The van der Waals surface area contributed by atoms with Gasteiger partial charge in [0.05, 0.1) is 12.0 Å². The van der Waals surface area contributed by atoms with Crippen LogP contribution in [0.25, 0.3) is 0 Å². The molecule has 11 heavy (non-hydrogen) atoms. The summed E-state index contributed by atoms with van der Waals surface area (Å²) in [7, 11) is -1.69. The minimum Gasteiger partial charge on any atom is -0.495 e. The van der Waals surface area contributed by atoms with Gasteiger partial charge in [-0.15, -0.1) is 0 Å². The van der Waals surface area contributed by atoms with Gasteiger partial charge in [0, 0.05) is 6.08 Å². The highest BCUT2D eigenvalue weighted by atomic mass is 32.2. The zero-order valence-electron chi connectivity index (χ0n) is 5.87. The van der Waals surface area contributed by atoms with Crippen molar-refractivity contribution in [2.45, 2.75) is 0 Å². The van der Waals surface area contributed by atoms with Gasteiger partial charge in [-0.1, -0.05) is 0 Å². The molecule has 2 aliphatic rings. The summed E-state index contributed by atoms with van der Waals surface area (Å²) in [5, 5.41) is 0. The highest BCUT2D eigenvalue weighted by molar-refractivity contribution is 8.00. The first-order valence-corrected chi connectivity index (χ1v) is 4.58. The van der Waals surface area contributed by atoms with Crippen molar-refractivity contribution in [3.05, 3.63) is 33.8 Å². The quantitative estimate of drug-likeness (QED) is 0.582. The summed E-state index contributed by atoms with van der Waals surface area (Å²) in [4.78, 5) is 0.624. The second-order valence-electron chi connectivity index (χ2n) is 2.32. The third-order valence-corrected chi connectivity index (χ3v) is 3.53. The largest absolute Gasteiger partial charge is 0.495 e. The molecule has 0 saturated carbocycles. The fourth-order valence-corrected chi connectivity index (χ4v) is 2.58. The van der Waals surface area contributed by atoms with Gasteiger partial charge in [-0.3, -0.25) is 0 Å². The number of allylic oxidation sites excluding steroid dienone is 3. The summed E-state index contributed by atoms with van der Waals surface area (Å²) in [6.45, 7) is 0. The number of hydrogen-bond donors (Lipinski definition) is 0. The van der Waals surface area contributed by atoms with Crippen LogP contribution in [0.5, 0.6) is 0 Å². The van der Waals surface area contributed by atoms with Crippen LogP contribution in [0.15, 0.2) is 33.8 Å². The van der Waals surface area contributed by atoms with Crippen molar-refractivity contribution < 1.29 is 13.2 Å². The van der Waals surface area contributed by atoms with E-state index in [1.165, 1.54) is 13.2 Å². The van der Waals surface area contributed by atoms with Gasteiger partial charge in [-0.25, -0.2) is 8.42 Å². The molecule has 0 spiro atoms. The highest BCUT2D eigenvalue weighted by Gasteiger charge is 2.34. The first kappa shape index (κ1) is 6.67. The van der Waals surface area contributed by atoms with Gasteiger partial charge in [-0.2, -0.15) is 0 Å². The van der Waals surface area contributed by atoms with Gasteiger partial charge in [-0.05, 0) is 12.2 Å². The Hall–Kier alpha value is -1.03. The van der Waals surface area contributed by atoms with Crippen LogP contribution in [0.4, 0.5) is 0 Å². The molecule has 0 saturated heterocycles. The lowest BCUT2D eigenvalue weighted by Gasteiger charge is -1.97. The molecule has 0 amide bonds. The maximum atomic E-state index is 11.3. The summed E-state index contributed by atoms with van der Waals surface area (Å²) >= 11 is 0. The van der Waals surface area contributed by atoms with E-state index in [1.54, 1.807) is 12.2 Å². The molecule has 2 heterocycles. The summed E-state index contributed by atoms with van der Waals surface area (Å²) in [6.07, 6.45) is 4.67. The van der Waals surface area contributed by atoms with Crippen molar-refractivity contribution in [2.75, 3.05) is 7.11 Å². The second kappa shape index (κ2) is 1.76. The maximum Gasteiger partial charge on any atom is 0.210 e. The number of hydrogen-bond acceptors (Lipinski definition) is 3. The summed E-state index contributed by atoms with van der Waals surface area (Å²) in [5.41, 5.74) is 0. The van der Waals surface area contributed by atoms with Crippen molar-refractivity contribution in [1.29, 1.82) is 0 Å². The molecule has 0 aromatic heterocycles. The van der Waals surface area contributed by atoms with Crippen LogP contribution >= 0.6 is 0 Å². The number of ether oxygens (including phenoxy) is 1. The van der Waals surface area contributed by atoms with Crippen molar-refractivity contribution in [2.24, 2.45) is 0 Å². The fraction of sp³-hybridized carbons (Fsp3) is 0.143. The van der Waals surface area contributed by atoms with Crippen molar-refractivity contribution in [3.8, 4) is 0 Å². The number of methoxy groups -OCH3 is 1. The molecule has 2 bridgehead atoms. The van der Waals surface area contributed by atoms with E-state index in [9.17, 15) is 8.42 Å². The van der Waals surface area contributed by atoms with E-state index in [0.717, 1.165) is 0 Å². The molecule has 58 valence electrons. The Morgan fingerprint density at radius 3 is 2.36 bits per heavy atom. The zero-order valence-corrected chi connectivity index (χ0v) is 6.68. The zero-order chi connectivity index (χ0) is 8.06. The monoisotopic (exact) mass is 170 g/mol. The lowest BCUT2D eigenvalue weighted by molar-refractivity contribution is 0.306. The van der Waals surface area contributed by atoms with Crippen molar-refractivity contribution >= 4 is 9.84 Å². The van der Waals surface area contributed by atoms with E-state index in [4.69, 9.17) is 4.74 Å². The third-order valence-electron chi connectivity index (χ3n) is 1.73. The van der Waals surface area contributed by atoms with Gasteiger partial charge in [0.1, 0.15) is 10.7 Å². The van der Waals surface area contributed by atoms with Crippen LogP contribution in [0.2, 0.25) is 0 Å². The highest BCUT2D eigenvalue weighted by Crippen LogP contribution is 2.37. The van der Waals surface area contributed by atoms with Crippen molar-refractivity contribution in [1.82, 2.24) is 0 Å². The first-order valence-electron chi connectivity index (χ1n) is 3.09. The van der Waals surface area contributed by atoms with E-state index in [0.29, 0.717) is 10.7 Å². The standard InChI is InChI=1S/C7H6O3S/c1-10-6-4-5-2-3-7(6)11(5,8)9/h2-4H,1H3. The molecular formula is C7H6O3S. The number of rotatable bonds is 1. The van der Waals surface area contributed by atoms with Gasteiger partial charge < -0.3 is 4.74 Å². The van der Waals surface area contributed by atoms with Crippen LogP contribution in [0.1, 0.15) is 0 Å². The Labute approximate surface area is 64.6 Å². The molecular weight excluding hydrogens is 164 g/mol. The van der Waals surface area contributed by atoms with Gasteiger partial charge in [0.2, 0.25) is 9.84 Å². The fourth-order valence-electron chi connectivity index (χ4n) is 1.16. The molecule has 0 atom stereocenters. The Morgan fingerprint density at radius 2 is 2.09 bits per heavy atom. The molecule has 0 aromatic rings. The normalized spacial score (nSPS) is 24.3. The molecule has 0 aliphatic carbocycles. The molecule has 0 unspecified atom stereocenters. The molecule has 4 heteroatoms. The molecule has 3 nitrogen and oxygen atoms in total. The van der Waals surface area contributed by atoms with E-state index in [-0.39, 0.29) is 4.91 Å². The molecule has 0 fully saturated rings. The van der Waals surface area contributed by atoms with Crippen LogP contribution in [0.3, 0.4) is 0 Å². The van der Waals surface area contributed by atoms with E-state index >= 15 is 0 Å². The molecule has 0 N–H and O–H groups in total. The topological polar surface area (TPSA) is 43.4 Å². The Bertz CT molecular complexity index is 395. The predicted molar refractivity (Wildman–Crippen MR) is 40.2 cm³/mol. The smallest absolute Gasteiger partial charge is 0.210 e. The average molecular weight is 170 g/mol. The summed E-state index contributed by atoms with van der Waals surface area (Å²) in [6, 6.07) is 0. The summed E-state index contributed by atoms with van der Waals surface area (Å²) < 4.78 is 27.4. The van der Waals surface area contributed by atoms with Gasteiger partial charge >= 0.3 is 0 Å². The SMILES string of the molecule is COC1=C2C=CC(=C1)S2(=O)=O. The molecule has 2 aliphatic heterocycles. The lowest BCUT2D eigenvalue weighted by Crippen LogP contribution is -1.94. The minimum atomic E-state index is -3.15. The molecule has 0 aromatic carbocycles. The molecule has 2 rings (SSSR count). The molecule has 0 radical (unpaired) electrons. The number of sulfone groups is 1. The van der Waals surface area contributed by atoms with Gasteiger partial charge in [0.25, 0.3) is 0 Å². The first-order chi connectivity index (χ1) is 5.16. The predicted octanol–water partition coefficient (Wildman–Crippen LogP) is 0.727. The second-order valence-corrected chi connectivity index (χ2v) is 4.23. The van der Waals surface area contributed by atoms with E-state index in [2.05, 4.69) is 0 Å². The minimum absolute atomic E-state index is 0.287. The van der Waals surface area contributed by atoms with Crippen LogP contribution in [-0.2, 0) is 14.6 Å². The average Bonchev–Trinajstić information content (AvgIpc) is 2.40. The third kappa shape index (κ3) is 0.646. The van der Waals surface area contributed by atoms with Crippen LogP contribution in [-0.4, -0.2) is 15.5 Å². The van der Waals surface area contributed by atoms with Crippen molar-refractivity contribution in [3.63, 3.8) is 0 Å². The van der Waals surface area contributed by atoms with Crippen LogP contribution < -0.4 is 0 Å². The Morgan fingerprint density at radius 1 is 1.36 bits per heavy atom. The van der Waals surface area contributed by atoms with E-state index in [1.807, 2.05) is 0 Å². The number of fused-ring (bicyclic) bond motifs is 2. The lowest BCUT2D eigenvalue weighted by atomic mass is 10.3. The van der Waals surface area contributed by atoms with Crippen LogP contribution in [0, 0.1) is 0 Å². The van der Waals surface area contributed by atoms with Gasteiger partial charge in [0.15, 0.2) is 0 Å². The Balaban J connectivity index is 2.74. The Kier molecular flexibility index (Phi) is 1.07.